The van der Waals surface area contributed by atoms with Gasteiger partial charge >= 0.3 is 0 Å². The van der Waals surface area contributed by atoms with Crippen molar-refractivity contribution in [1.82, 2.24) is 25.4 Å². The number of aromatic nitrogens is 3. The highest BCUT2D eigenvalue weighted by atomic mass is 79.9. The first kappa shape index (κ1) is 17.9. The van der Waals surface area contributed by atoms with Crippen molar-refractivity contribution >= 4 is 21.9 Å². The van der Waals surface area contributed by atoms with Crippen molar-refractivity contribution in [1.29, 1.82) is 0 Å². The van der Waals surface area contributed by atoms with Gasteiger partial charge in [0.1, 0.15) is 5.82 Å². The van der Waals surface area contributed by atoms with E-state index in [1.54, 1.807) is 0 Å². The van der Waals surface area contributed by atoms with Crippen LogP contribution in [0.1, 0.15) is 36.1 Å². The monoisotopic (exact) mass is 404 g/mol. The number of hydrogen-bond acceptors (Lipinski definition) is 3. The number of rotatable bonds is 4. The fourth-order valence-electron chi connectivity index (χ4n) is 3.05. The summed E-state index contributed by atoms with van der Waals surface area (Å²) in [7, 11) is 1.81. The second-order valence-electron chi connectivity index (χ2n) is 6.36. The molecule has 1 atom stereocenters. The molecule has 2 aromatic rings. The summed E-state index contributed by atoms with van der Waals surface area (Å²) in [5.74, 6) is 2.86. The van der Waals surface area contributed by atoms with Gasteiger partial charge in [-0.1, -0.05) is 28.9 Å². The molecule has 1 unspecified atom stereocenters. The van der Waals surface area contributed by atoms with Gasteiger partial charge in [-0.2, -0.15) is 5.10 Å². The molecule has 2 N–H and O–H groups in total. The Kier molecular flexibility index (Phi) is 5.73. The lowest BCUT2D eigenvalue weighted by molar-refractivity contribution is 0.392. The van der Waals surface area contributed by atoms with Crippen molar-refractivity contribution in [3.63, 3.8) is 0 Å². The van der Waals surface area contributed by atoms with E-state index in [2.05, 4.69) is 73.7 Å². The van der Waals surface area contributed by atoms with Crippen LogP contribution >= 0.6 is 15.9 Å². The molecule has 1 aromatic carbocycles. The van der Waals surface area contributed by atoms with Gasteiger partial charge in [-0.3, -0.25) is 4.99 Å². The van der Waals surface area contributed by atoms with E-state index in [0.29, 0.717) is 6.04 Å². The lowest BCUT2D eigenvalue weighted by atomic mass is 10.1. The van der Waals surface area contributed by atoms with Gasteiger partial charge in [0.05, 0.1) is 6.54 Å². The standard InChI is InChI=1S/C18H25BrN6/c1-4-16-23-17-8-7-15(11-25(17)24-16)22-18(20-3)21-10-13-5-6-14(19)9-12(13)2/h5-6,9,15H,4,7-8,10-11H2,1-3H3,(H2,20,21,22). The van der Waals surface area contributed by atoms with Crippen LogP contribution in [0.5, 0.6) is 0 Å². The second-order valence-corrected chi connectivity index (χ2v) is 7.27. The van der Waals surface area contributed by atoms with Crippen molar-refractivity contribution in [2.24, 2.45) is 4.99 Å². The number of benzene rings is 1. The Labute approximate surface area is 157 Å². The van der Waals surface area contributed by atoms with Crippen LogP contribution in [0.2, 0.25) is 0 Å². The number of hydrogen-bond donors (Lipinski definition) is 2. The highest BCUT2D eigenvalue weighted by Gasteiger charge is 2.22. The summed E-state index contributed by atoms with van der Waals surface area (Å²) >= 11 is 3.51. The van der Waals surface area contributed by atoms with E-state index in [9.17, 15) is 0 Å². The zero-order valence-corrected chi connectivity index (χ0v) is 16.6. The molecule has 3 rings (SSSR count). The van der Waals surface area contributed by atoms with E-state index >= 15 is 0 Å². The normalized spacial score (nSPS) is 17.3. The first-order valence-electron chi connectivity index (χ1n) is 8.73. The van der Waals surface area contributed by atoms with E-state index in [4.69, 9.17) is 0 Å². The van der Waals surface area contributed by atoms with Gasteiger partial charge in [0.25, 0.3) is 0 Å². The summed E-state index contributed by atoms with van der Waals surface area (Å²) in [6.45, 7) is 5.80. The minimum absolute atomic E-state index is 0.316. The number of aryl methyl sites for hydroxylation is 3. The average Bonchev–Trinajstić information content (AvgIpc) is 3.02. The highest BCUT2D eigenvalue weighted by molar-refractivity contribution is 9.10. The maximum Gasteiger partial charge on any atom is 0.191 e. The predicted molar refractivity (Wildman–Crippen MR) is 104 cm³/mol. The highest BCUT2D eigenvalue weighted by Crippen LogP contribution is 2.16. The number of halogens is 1. The van der Waals surface area contributed by atoms with E-state index in [1.807, 2.05) is 11.7 Å². The number of nitrogens with zero attached hydrogens (tertiary/aromatic N) is 4. The summed E-state index contributed by atoms with van der Waals surface area (Å²) < 4.78 is 3.14. The first-order valence-corrected chi connectivity index (χ1v) is 9.53. The maximum absolute atomic E-state index is 4.57. The van der Waals surface area contributed by atoms with Gasteiger partial charge in [-0.15, -0.1) is 0 Å². The molecule has 2 heterocycles. The number of aliphatic imine (C=N–C) groups is 1. The van der Waals surface area contributed by atoms with E-state index in [1.165, 1.54) is 11.1 Å². The summed E-state index contributed by atoms with van der Waals surface area (Å²) in [6, 6.07) is 6.65. The van der Waals surface area contributed by atoms with Crippen LogP contribution in [0.15, 0.2) is 27.7 Å². The number of fused-ring (bicyclic) bond motifs is 1. The summed E-state index contributed by atoms with van der Waals surface area (Å²) in [5, 5.41) is 11.5. The Morgan fingerprint density at radius 3 is 3.00 bits per heavy atom. The van der Waals surface area contributed by atoms with Gasteiger partial charge in [-0.25, -0.2) is 9.67 Å². The van der Waals surface area contributed by atoms with Crippen LogP contribution in [-0.4, -0.2) is 33.8 Å². The molecular formula is C18H25BrN6. The molecule has 0 bridgehead atoms. The summed E-state index contributed by atoms with van der Waals surface area (Å²) in [6.07, 6.45) is 2.88. The zero-order chi connectivity index (χ0) is 17.8. The van der Waals surface area contributed by atoms with Gasteiger partial charge in [0.2, 0.25) is 0 Å². The van der Waals surface area contributed by atoms with Crippen molar-refractivity contribution in [2.75, 3.05) is 7.05 Å². The topological polar surface area (TPSA) is 67.1 Å². The number of nitrogens with one attached hydrogen (secondary N) is 2. The van der Waals surface area contributed by atoms with Crippen molar-refractivity contribution in [2.45, 2.75) is 52.2 Å². The fourth-order valence-corrected chi connectivity index (χ4v) is 3.53. The third-order valence-electron chi connectivity index (χ3n) is 4.53. The molecule has 6 nitrogen and oxygen atoms in total. The van der Waals surface area contributed by atoms with E-state index < -0.39 is 0 Å². The van der Waals surface area contributed by atoms with Crippen molar-refractivity contribution in [3.05, 3.63) is 45.4 Å². The molecule has 1 aliphatic heterocycles. The van der Waals surface area contributed by atoms with Crippen LogP contribution in [0.3, 0.4) is 0 Å². The lowest BCUT2D eigenvalue weighted by Crippen LogP contribution is -2.46. The van der Waals surface area contributed by atoms with Crippen molar-refractivity contribution in [3.8, 4) is 0 Å². The minimum Gasteiger partial charge on any atom is -0.352 e. The molecule has 0 saturated carbocycles. The minimum atomic E-state index is 0.316. The lowest BCUT2D eigenvalue weighted by Gasteiger charge is -2.25. The summed E-state index contributed by atoms with van der Waals surface area (Å²) in [5.41, 5.74) is 2.52. The largest absolute Gasteiger partial charge is 0.352 e. The quantitative estimate of drug-likeness (QED) is 0.606. The SMILES string of the molecule is CCc1nc2n(n1)CC(NC(=NC)NCc1ccc(Br)cc1C)CC2. The van der Waals surface area contributed by atoms with Crippen LogP contribution in [0, 0.1) is 6.92 Å². The third kappa shape index (κ3) is 4.39. The Hall–Kier alpha value is -1.89. The summed E-state index contributed by atoms with van der Waals surface area (Å²) in [4.78, 5) is 8.93. The molecule has 1 aromatic heterocycles. The van der Waals surface area contributed by atoms with Crippen LogP contribution < -0.4 is 10.6 Å². The Balaban J connectivity index is 1.57. The van der Waals surface area contributed by atoms with Crippen LogP contribution in [-0.2, 0) is 25.9 Å². The fraction of sp³-hybridized carbons (Fsp3) is 0.500. The van der Waals surface area contributed by atoms with Gasteiger partial charge in [0.15, 0.2) is 11.8 Å². The smallest absolute Gasteiger partial charge is 0.191 e. The average molecular weight is 405 g/mol. The first-order chi connectivity index (χ1) is 12.1. The molecule has 0 amide bonds. The second kappa shape index (κ2) is 7.99. The van der Waals surface area contributed by atoms with Crippen molar-refractivity contribution < 1.29 is 0 Å². The van der Waals surface area contributed by atoms with Gasteiger partial charge in [0, 0.05) is 36.9 Å². The number of guanidine groups is 1. The van der Waals surface area contributed by atoms with Gasteiger partial charge in [-0.05, 0) is 36.6 Å². The molecular weight excluding hydrogens is 380 g/mol. The Morgan fingerprint density at radius 1 is 1.44 bits per heavy atom. The molecule has 0 spiro atoms. The van der Waals surface area contributed by atoms with E-state index in [-0.39, 0.29) is 0 Å². The van der Waals surface area contributed by atoms with Crippen LogP contribution in [0.25, 0.3) is 0 Å². The van der Waals surface area contributed by atoms with Crippen LogP contribution in [0.4, 0.5) is 0 Å². The molecule has 0 aliphatic carbocycles. The predicted octanol–water partition coefficient (Wildman–Crippen LogP) is 2.59. The third-order valence-corrected chi connectivity index (χ3v) is 5.03. The zero-order valence-electron chi connectivity index (χ0n) is 15.0. The maximum atomic E-state index is 4.57. The molecule has 0 radical (unpaired) electrons. The van der Waals surface area contributed by atoms with Gasteiger partial charge < -0.3 is 10.6 Å². The molecule has 0 saturated heterocycles. The molecule has 0 fully saturated rings. The Morgan fingerprint density at radius 2 is 2.28 bits per heavy atom. The molecule has 7 heteroatoms. The van der Waals surface area contributed by atoms with E-state index in [0.717, 1.165) is 54.4 Å². The Bertz CT molecular complexity index is 767. The molecule has 1 aliphatic rings. The molecule has 25 heavy (non-hydrogen) atoms. The molecule has 134 valence electrons.